The van der Waals surface area contributed by atoms with Gasteiger partial charge in [-0.05, 0) is 44.0 Å². The van der Waals surface area contributed by atoms with Crippen molar-refractivity contribution in [2.45, 2.75) is 37.0 Å². The maximum atomic E-state index is 12.9. The summed E-state index contributed by atoms with van der Waals surface area (Å²) in [6.45, 7) is 1.90. The Morgan fingerprint density at radius 3 is 2.80 bits per heavy atom. The van der Waals surface area contributed by atoms with Crippen LogP contribution in [0.15, 0.2) is 69.0 Å². The molecule has 6 nitrogen and oxygen atoms in total. The van der Waals surface area contributed by atoms with Crippen LogP contribution < -0.4 is 10.9 Å². The van der Waals surface area contributed by atoms with Crippen LogP contribution >= 0.6 is 11.8 Å². The second-order valence-corrected chi connectivity index (χ2v) is 8.52. The van der Waals surface area contributed by atoms with E-state index in [9.17, 15) is 9.59 Å². The van der Waals surface area contributed by atoms with Gasteiger partial charge in [0.15, 0.2) is 5.16 Å². The number of benzene rings is 2. The Hall–Kier alpha value is -3.06. The molecule has 1 fully saturated rings. The van der Waals surface area contributed by atoms with E-state index in [0.29, 0.717) is 21.8 Å². The lowest BCUT2D eigenvalue weighted by molar-refractivity contribution is -0.119. The summed E-state index contributed by atoms with van der Waals surface area (Å²) in [6, 6.07) is 17.0. The number of rotatable bonds is 6. The fourth-order valence-corrected chi connectivity index (χ4v) is 4.46. The molecule has 1 atom stereocenters. The lowest BCUT2D eigenvalue weighted by Gasteiger charge is -2.14. The first-order chi connectivity index (χ1) is 14.6. The summed E-state index contributed by atoms with van der Waals surface area (Å²) in [5, 5.41) is 5.21. The molecule has 1 aliphatic rings. The highest BCUT2D eigenvalue weighted by Gasteiger charge is 2.29. The molecule has 1 aliphatic carbocycles. The van der Waals surface area contributed by atoms with Crippen LogP contribution in [0.25, 0.3) is 21.9 Å². The molecule has 7 heteroatoms. The summed E-state index contributed by atoms with van der Waals surface area (Å²) >= 11 is 1.30. The smallest absolute Gasteiger partial charge is 0.262 e. The van der Waals surface area contributed by atoms with Crippen molar-refractivity contribution in [3.05, 3.63) is 70.7 Å². The molecule has 1 saturated carbocycles. The average molecular weight is 420 g/mol. The van der Waals surface area contributed by atoms with Gasteiger partial charge in [0.1, 0.15) is 11.3 Å². The maximum Gasteiger partial charge on any atom is 0.262 e. The number of hydrogen-bond acceptors (Lipinski definition) is 5. The van der Waals surface area contributed by atoms with E-state index in [2.05, 4.69) is 10.3 Å². The number of carbonyl (C=O) groups excluding carboxylic acids is 1. The van der Waals surface area contributed by atoms with E-state index in [4.69, 9.17) is 4.42 Å². The second-order valence-electron chi connectivity index (χ2n) is 7.58. The third kappa shape index (κ3) is 3.61. The fourth-order valence-electron chi connectivity index (χ4n) is 3.58. The molecule has 5 rings (SSSR count). The number of nitrogens with one attached hydrogen (secondary N) is 1. The number of para-hydroxylation sites is 2. The summed E-state index contributed by atoms with van der Waals surface area (Å²) in [4.78, 5) is 30.2. The van der Waals surface area contributed by atoms with Gasteiger partial charge >= 0.3 is 0 Å². The van der Waals surface area contributed by atoms with Crippen molar-refractivity contribution in [2.75, 3.05) is 5.75 Å². The second kappa shape index (κ2) is 7.65. The number of thioether (sulfide) groups is 1. The fraction of sp³-hybridized carbons (Fsp3) is 0.261. The first-order valence-corrected chi connectivity index (χ1v) is 11.0. The van der Waals surface area contributed by atoms with E-state index < -0.39 is 0 Å². The molecule has 0 aliphatic heterocycles. The van der Waals surface area contributed by atoms with Gasteiger partial charge in [0.05, 0.1) is 22.7 Å². The third-order valence-electron chi connectivity index (χ3n) is 5.27. The molecule has 1 amide bonds. The van der Waals surface area contributed by atoms with E-state index in [1.807, 2.05) is 55.5 Å². The van der Waals surface area contributed by atoms with Crippen LogP contribution in [-0.4, -0.2) is 21.2 Å². The molecular formula is C23H21N3O3S. The zero-order chi connectivity index (χ0) is 20.7. The Kier molecular flexibility index (Phi) is 4.83. The molecule has 30 heavy (non-hydrogen) atoms. The topological polar surface area (TPSA) is 77.1 Å². The van der Waals surface area contributed by atoms with Crippen molar-refractivity contribution in [2.24, 2.45) is 0 Å². The monoisotopic (exact) mass is 419 g/mol. The quantitative estimate of drug-likeness (QED) is 0.369. The van der Waals surface area contributed by atoms with Crippen LogP contribution in [0, 0.1) is 0 Å². The lowest BCUT2D eigenvalue weighted by Crippen LogP contribution is -2.29. The van der Waals surface area contributed by atoms with Crippen LogP contribution in [0.4, 0.5) is 0 Å². The minimum atomic E-state index is -0.249. The number of furan rings is 1. The largest absolute Gasteiger partial charge is 0.459 e. The number of aromatic nitrogens is 2. The number of carbonyl (C=O) groups is 1. The molecule has 152 valence electrons. The highest BCUT2D eigenvalue weighted by Crippen LogP contribution is 2.36. The van der Waals surface area contributed by atoms with Crippen molar-refractivity contribution in [1.29, 1.82) is 0 Å². The SMILES string of the molecule is C[C@H](NC(=O)CSc1nc2ccccc2c(=O)n1C1CC1)c1cc2ccccc2o1. The molecule has 0 saturated heterocycles. The number of fused-ring (bicyclic) bond motifs is 2. The Morgan fingerprint density at radius 2 is 2.00 bits per heavy atom. The highest BCUT2D eigenvalue weighted by atomic mass is 32.2. The van der Waals surface area contributed by atoms with Crippen molar-refractivity contribution < 1.29 is 9.21 Å². The van der Waals surface area contributed by atoms with Crippen LogP contribution in [0.2, 0.25) is 0 Å². The average Bonchev–Trinajstić information content (AvgIpc) is 3.48. The van der Waals surface area contributed by atoms with Crippen molar-refractivity contribution in [3.8, 4) is 0 Å². The number of amides is 1. The van der Waals surface area contributed by atoms with Crippen molar-refractivity contribution >= 4 is 39.5 Å². The van der Waals surface area contributed by atoms with Gasteiger partial charge in [-0.15, -0.1) is 0 Å². The van der Waals surface area contributed by atoms with Gasteiger partial charge in [0, 0.05) is 11.4 Å². The Bertz CT molecular complexity index is 1270. The minimum absolute atomic E-state index is 0.0262. The van der Waals surface area contributed by atoms with Gasteiger partial charge in [0.25, 0.3) is 5.56 Å². The first-order valence-electron chi connectivity index (χ1n) is 10.0. The number of nitrogens with zero attached hydrogens (tertiary/aromatic N) is 2. The van der Waals surface area contributed by atoms with E-state index in [-0.39, 0.29) is 29.3 Å². The molecule has 2 heterocycles. The van der Waals surface area contributed by atoms with Crippen LogP contribution in [0.3, 0.4) is 0 Å². The zero-order valence-electron chi connectivity index (χ0n) is 16.5. The molecule has 0 spiro atoms. The molecule has 0 unspecified atom stereocenters. The third-order valence-corrected chi connectivity index (χ3v) is 6.22. The molecular weight excluding hydrogens is 398 g/mol. The predicted octanol–water partition coefficient (Wildman–Crippen LogP) is 4.45. The van der Waals surface area contributed by atoms with Gasteiger partial charge < -0.3 is 9.73 Å². The highest BCUT2D eigenvalue weighted by molar-refractivity contribution is 7.99. The van der Waals surface area contributed by atoms with Gasteiger partial charge in [-0.1, -0.05) is 42.1 Å². The molecule has 0 radical (unpaired) electrons. The standard InChI is InChI=1S/C23H21N3O3S/c1-14(20-12-15-6-2-5-9-19(15)29-20)24-21(27)13-30-23-25-18-8-4-3-7-17(18)22(28)26(23)16-10-11-16/h2-9,12,14,16H,10-11,13H2,1H3,(H,24,27)/t14-/m0/s1. The van der Waals surface area contributed by atoms with E-state index in [0.717, 1.165) is 23.8 Å². The van der Waals surface area contributed by atoms with Gasteiger partial charge in [-0.25, -0.2) is 4.98 Å². The van der Waals surface area contributed by atoms with E-state index in [1.165, 1.54) is 11.8 Å². The van der Waals surface area contributed by atoms with Gasteiger partial charge in [-0.3, -0.25) is 14.2 Å². The molecule has 4 aromatic rings. The predicted molar refractivity (Wildman–Crippen MR) is 118 cm³/mol. The van der Waals surface area contributed by atoms with Crippen LogP contribution in [-0.2, 0) is 4.79 Å². The van der Waals surface area contributed by atoms with E-state index >= 15 is 0 Å². The Morgan fingerprint density at radius 1 is 1.23 bits per heavy atom. The summed E-state index contributed by atoms with van der Waals surface area (Å²) in [7, 11) is 0. The molecule has 2 aromatic heterocycles. The van der Waals surface area contributed by atoms with Gasteiger partial charge in [0.2, 0.25) is 5.91 Å². The summed E-state index contributed by atoms with van der Waals surface area (Å²) in [6.07, 6.45) is 1.95. The Labute approximate surface area is 177 Å². The molecule has 2 aromatic carbocycles. The van der Waals surface area contributed by atoms with Gasteiger partial charge in [-0.2, -0.15) is 0 Å². The zero-order valence-corrected chi connectivity index (χ0v) is 17.3. The van der Waals surface area contributed by atoms with Crippen molar-refractivity contribution in [3.63, 3.8) is 0 Å². The normalized spacial score (nSPS) is 14.8. The summed E-state index contributed by atoms with van der Waals surface area (Å²) < 4.78 is 7.59. The first kappa shape index (κ1) is 18.9. The van der Waals surface area contributed by atoms with Crippen molar-refractivity contribution in [1.82, 2.24) is 14.9 Å². The lowest BCUT2D eigenvalue weighted by atomic mass is 10.2. The minimum Gasteiger partial charge on any atom is -0.459 e. The summed E-state index contributed by atoms with van der Waals surface area (Å²) in [5.74, 6) is 0.771. The number of hydrogen-bond donors (Lipinski definition) is 1. The molecule has 0 bridgehead atoms. The maximum absolute atomic E-state index is 12.9. The summed E-state index contributed by atoms with van der Waals surface area (Å²) in [5.41, 5.74) is 1.44. The van der Waals surface area contributed by atoms with Crippen LogP contribution in [0.1, 0.15) is 37.6 Å². The molecule has 1 N–H and O–H groups in total. The van der Waals surface area contributed by atoms with Crippen LogP contribution in [0.5, 0.6) is 0 Å². The van der Waals surface area contributed by atoms with E-state index in [1.54, 1.807) is 10.6 Å². The Balaban J connectivity index is 1.32.